The summed E-state index contributed by atoms with van der Waals surface area (Å²) in [7, 11) is 0. The van der Waals surface area contributed by atoms with E-state index in [4.69, 9.17) is 11.6 Å². The van der Waals surface area contributed by atoms with E-state index in [0.29, 0.717) is 33.9 Å². The van der Waals surface area contributed by atoms with Crippen molar-refractivity contribution in [2.75, 3.05) is 5.32 Å². The molecule has 0 saturated carbocycles. The molecule has 0 fully saturated rings. The lowest BCUT2D eigenvalue weighted by atomic mass is 10.4. The molecule has 0 radical (unpaired) electrons. The highest BCUT2D eigenvalue weighted by Crippen LogP contribution is 2.25. The quantitative estimate of drug-likeness (QED) is 0.454. The zero-order valence-corrected chi connectivity index (χ0v) is 15.8. The summed E-state index contributed by atoms with van der Waals surface area (Å²) in [6, 6.07) is 0. The Bertz CT molecular complexity index is 1080. The van der Waals surface area contributed by atoms with Crippen LogP contribution in [0.3, 0.4) is 0 Å². The minimum absolute atomic E-state index is 0.00307. The number of fused-ring (bicyclic) bond motifs is 1. The molecule has 0 aliphatic heterocycles. The molecule has 4 aromatic rings. The molecular formula is C13H8BrClF2N8S. The van der Waals surface area contributed by atoms with Gasteiger partial charge in [0.2, 0.25) is 5.28 Å². The van der Waals surface area contributed by atoms with Crippen molar-refractivity contribution in [3.8, 4) is 5.69 Å². The SMILES string of the molecule is FC(F)n1cc(-n2cnc3c(NCc4ncc(Br)s4)nc(Cl)nc32)cn1. The Balaban J connectivity index is 1.70. The van der Waals surface area contributed by atoms with Crippen LogP contribution >= 0.6 is 38.9 Å². The van der Waals surface area contributed by atoms with Gasteiger partial charge in [0.05, 0.1) is 34.6 Å². The van der Waals surface area contributed by atoms with Gasteiger partial charge < -0.3 is 5.32 Å². The summed E-state index contributed by atoms with van der Waals surface area (Å²) in [4.78, 5) is 16.8. The van der Waals surface area contributed by atoms with Crippen LogP contribution in [0.25, 0.3) is 16.9 Å². The van der Waals surface area contributed by atoms with E-state index in [2.05, 4.69) is 46.3 Å². The fourth-order valence-electron chi connectivity index (χ4n) is 2.27. The summed E-state index contributed by atoms with van der Waals surface area (Å²) in [5, 5.41) is 7.59. The largest absolute Gasteiger partial charge is 0.362 e. The van der Waals surface area contributed by atoms with E-state index in [1.165, 1.54) is 34.6 Å². The van der Waals surface area contributed by atoms with Gasteiger partial charge in [0.15, 0.2) is 17.0 Å². The van der Waals surface area contributed by atoms with Crippen molar-refractivity contribution in [3.63, 3.8) is 0 Å². The second-order valence-corrected chi connectivity index (χ2v) is 7.83. The van der Waals surface area contributed by atoms with Crippen molar-refractivity contribution in [3.05, 3.63) is 39.0 Å². The number of alkyl halides is 2. The summed E-state index contributed by atoms with van der Waals surface area (Å²) >= 11 is 10.9. The number of nitrogens with zero attached hydrogens (tertiary/aromatic N) is 7. The molecule has 1 N–H and O–H groups in total. The zero-order valence-electron chi connectivity index (χ0n) is 12.6. The smallest absolute Gasteiger partial charge is 0.333 e. The molecule has 8 nitrogen and oxygen atoms in total. The zero-order chi connectivity index (χ0) is 18.3. The number of nitrogens with one attached hydrogen (secondary N) is 1. The van der Waals surface area contributed by atoms with Crippen molar-refractivity contribution < 1.29 is 8.78 Å². The first-order chi connectivity index (χ1) is 12.5. The second kappa shape index (κ2) is 6.85. The first kappa shape index (κ1) is 17.2. The van der Waals surface area contributed by atoms with E-state index in [0.717, 1.165) is 8.79 Å². The lowest BCUT2D eigenvalue weighted by Gasteiger charge is -2.05. The van der Waals surface area contributed by atoms with Crippen molar-refractivity contribution in [2.45, 2.75) is 13.1 Å². The molecule has 4 aromatic heterocycles. The Morgan fingerprint density at radius 2 is 2.12 bits per heavy atom. The van der Waals surface area contributed by atoms with Gasteiger partial charge in [0, 0.05) is 0 Å². The van der Waals surface area contributed by atoms with Gasteiger partial charge in [-0.05, 0) is 27.5 Å². The number of hydrogen-bond acceptors (Lipinski definition) is 7. The highest BCUT2D eigenvalue weighted by Gasteiger charge is 2.16. The van der Waals surface area contributed by atoms with Crippen LogP contribution in [-0.2, 0) is 6.54 Å². The van der Waals surface area contributed by atoms with Gasteiger partial charge in [-0.15, -0.1) is 11.3 Å². The van der Waals surface area contributed by atoms with Crippen LogP contribution in [0.2, 0.25) is 5.28 Å². The van der Waals surface area contributed by atoms with E-state index in [1.54, 1.807) is 6.20 Å². The van der Waals surface area contributed by atoms with Crippen LogP contribution in [0, 0.1) is 0 Å². The molecule has 0 aliphatic rings. The summed E-state index contributed by atoms with van der Waals surface area (Å²) in [6.07, 6.45) is 5.65. The number of halogens is 4. The molecule has 0 aliphatic carbocycles. The lowest BCUT2D eigenvalue weighted by molar-refractivity contribution is 0.0566. The molecular weight excluding hydrogens is 454 g/mol. The fourth-order valence-corrected chi connectivity index (χ4v) is 3.68. The third kappa shape index (κ3) is 3.27. The normalized spacial score (nSPS) is 11.6. The molecule has 4 rings (SSSR count). The minimum atomic E-state index is -2.73. The van der Waals surface area contributed by atoms with Gasteiger partial charge in [-0.2, -0.15) is 23.8 Å². The molecule has 26 heavy (non-hydrogen) atoms. The predicted octanol–water partition coefficient (Wildman–Crippen LogP) is 3.89. The lowest BCUT2D eigenvalue weighted by Crippen LogP contribution is -2.03. The summed E-state index contributed by atoms with van der Waals surface area (Å²) in [6.45, 7) is -2.30. The molecule has 134 valence electrons. The average Bonchev–Trinajstić information content (AvgIpc) is 3.31. The van der Waals surface area contributed by atoms with Crippen LogP contribution in [-0.4, -0.2) is 34.3 Å². The number of rotatable bonds is 5. The van der Waals surface area contributed by atoms with Crippen LogP contribution < -0.4 is 5.32 Å². The molecule has 4 heterocycles. The first-order valence-corrected chi connectivity index (χ1v) is 9.07. The van der Waals surface area contributed by atoms with E-state index >= 15 is 0 Å². The maximum atomic E-state index is 12.7. The fraction of sp³-hybridized carbons (Fsp3) is 0.154. The summed E-state index contributed by atoms with van der Waals surface area (Å²) in [5.41, 5.74) is 1.22. The van der Waals surface area contributed by atoms with Crippen molar-refractivity contribution in [1.82, 2.24) is 34.3 Å². The number of anilines is 1. The average molecular weight is 462 g/mol. The van der Waals surface area contributed by atoms with Gasteiger partial charge in [-0.25, -0.2) is 14.6 Å². The Morgan fingerprint density at radius 1 is 1.27 bits per heavy atom. The Hall–Kier alpha value is -2.18. The summed E-state index contributed by atoms with van der Waals surface area (Å²) in [5.74, 6) is 0.423. The standard InChI is InChI=1S/C13H8BrClF2N8S/c14-7-2-18-8(26-7)3-19-10-9-11(23-12(15)22-10)24(5-20-9)6-1-21-25(4-6)13(16)17/h1-2,4-5,13H,3H2,(H,19,22,23). The van der Waals surface area contributed by atoms with E-state index in [-0.39, 0.29) is 5.28 Å². The monoisotopic (exact) mass is 460 g/mol. The molecule has 0 aromatic carbocycles. The van der Waals surface area contributed by atoms with E-state index in [9.17, 15) is 8.78 Å². The van der Waals surface area contributed by atoms with Crippen LogP contribution in [0.1, 0.15) is 11.6 Å². The first-order valence-electron chi connectivity index (χ1n) is 7.08. The number of hydrogen-bond donors (Lipinski definition) is 1. The molecule has 0 atom stereocenters. The Morgan fingerprint density at radius 3 is 2.81 bits per heavy atom. The van der Waals surface area contributed by atoms with Crippen molar-refractivity contribution in [1.29, 1.82) is 0 Å². The summed E-state index contributed by atoms with van der Waals surface area (Å²) < 4.78 is 28.5. The maximum Gasteiger partial charge on any atom is 0.333 e. The van der Waals surface area contributed by atoms with Crippen molar-refractivity contribution >= 4 is 55.8 Å². The number of aromatic nitrogens is 7. The van der Waals surface area contributed by atoms with Crippen LogP contribution in [0.15, 0.2) is 28.7 Å². The molecule has 0 spiro atoms. The van der Waals surface area contributed by atoms with E-state index < -0.39 is 6.55 Å². The van der Waals surface area contributed by atoms with Crippen molar-refractivity contribution in [2.24, 2.45) is 0 Å². The molecule has 0 bridgehead atoms. The highest BCUT2D eigenvalue weighted by atomic mass is 79.9. The highest BCUT2D eigenvalue weighted by molar-refractivity contribution is 9.11. The van der Waals surface area contributed by atoms with Gasteiger partial charge in [0.1, 0.15) is 11.3 Å². The molecule has 0 amide bonds. The van der Waals surface area contributed by atoms with Crippen LogP contribution in [0.5, 0.6) is 0 Å². The molecule has 13 heteroatoms. The number of thiazole rings is 1. The van der Waals surface area contributed by atoms with Gasteiger partial charge in [-0.1, -0.05) is 0 Å². The van der Waals surface area contributed by atoms with Gasteiger partial charge >= 0.3 is 6.55 Å². The Kier molecular flexibility index (Phi) is 4.54. The topological polar surface area (TPSA) is 86.3 Å². The molecule has 0 unspecified atom stereocenters. The third-order valence-corrected chi connectivity index (χ3v) is 5.01. The Labute approximate surface area is 162 Å². The predicted molar refractivity (Wildman–Crippen MR) is 95.8 cm³/mol. The minimum Gasteiger partial charge on any atom is -0.362 e. The van der Waals surface area contributed by atoms with E-state index in [1.807, 2.05) is 0 Å². The second-order valence-electron chi connectivity index (χ2n) is 5.00. The number of imidazole rings is 1. The maximum absolute atomic E-state index is 12.7. The van der Waals surface area contributed by atoms with Gasteiger partial charge in [-0.3, -0.25) is 4.57 Å². The van der Waals surface area contributed by atoms with Crippen LogP contribution in [0.4, 0.5) is 14.6 Å². The third-order valence-electron chi connectivity index (χ3n) is 3.37. The van der Waals surface area contributed by atoms with Gasteiger partial charge in [0.25, 0.3) is 0 Å². The molecule has 0 saturated heterocycles.